The summed E-state index contributed by atoms with van der Waals surface area (Å²) < 4.78 is 0. The van der Waals surface area contributed by atoms with Crippen LogP contribution in [-0.4, -0.2) is 6.04 Å². The first kappa shape index (κ1) is 10.5. The topological polar surface area (TPSA) is 26.0 Å². The molecule has 2 N–H and O–H groups in total. The average molecular weight is 195 g/mol. The van der Waals surface area contributed by atoms with Gasteiger partial charge in [0.05, 0.1) is 0 Å². The van der Waals surface area contributed by atoms with Crippen LogP contribution in [-0.2, 0) is 0 Å². The molecule has 1 unspecified atom stereocenters. The van der Waals surface area contributed by atoms with Crippen molar-refractivity contribution in [3.63, 3.8) is 0 Å². The summed E-state index contributed by atoms with van der Waals surface area (Å²) in [4.78, 5) is 0. The van der Waals surface area contributed by atoms with Gasteiger partial charge in [0.15, 0.2) is 0 Å². The van der Waals surface area contributed by atoms with E-state index >= 15 is 0 Å². The quantitative estimate of drug-likeness (QED) is 0.714. The van der Waals surface area contributed by atoms with Crippen molar-refractivity contribution in [1.82, 2.24) is 0 Å². The highest BCUT2D eigenvalue weighted by Gasteiger charge is 2.21. The van der Waals surface area contributed by atoms with E-state index in [1.54, 1.807) is 0 Å². The monoisotopic (exact) mass is 195 g/mol. The number of nitrogens with two attached hydrogens (primary N) is 1. The second kappa shape index (κ2) is 5.16. The van der Waals surface area contributed by atoms with Gasteiger partial charge in [-0.05, 0) is 31.1 Å². The molecule has 0 bridgehead atoms. The molecule has 0 spiro atoms. The van der Waals surface area contributed by atoms with Crippen molar-refractivity contribution in [2.75, 3.05) is 0 Å². The summed E-state index contributed by atoms with van der Waals surface area (Å²) in [6.45, 7) is 0. The van der Waals surface area contributed by atoms with E-state index < -0.39 is 0 Å². The van der Waals surface area contributed by atoms with Crippen LogP contribution >= 0.6 is 0 Å². The van der Waals surface area contributed by atoms with Crippen LogP contribution in [0.1, 0.15) is 64.2 Å². The maximum Gasteiger partial charge on any atom is 0.00415 e. The number of rotatable bonds is 5. The van der Waals surface area contributed by atoms with Gasteiger partial charge in [-0.1, -0.05) is 44.9 Å². The van der Waals surface area contributed by atoms with E-state index in [1.165, 1.54) is 64.2 Å². The van der Waals surface area contributed by atoms with Crippen molar-refractivity contribution >= 4 is 0 Å². The normalized spacial score (nSPS) is 26.4. The van der Waals surface area contributed by atoms with Gasteiger partial charge in [0.2, 0.25) is 0 Å². The SMILES string of the molecule is NC(CCC1CCCC1)CC1CCC1. The molecule has 1 nitrogen and oxygen atoms in total. The minimum atomic E-state index is 0.515. The molecule has 0 aromatic carbocycles. The maximum atomic E-state index is 6.16. The van der Waals surface area contributed by atoms with Crippen LogP contribution in [0.2, 0.25) is 0 Å². The summed E-state index contributed by atoms with van der Waals surface area (Å²) in [5.74, 6) is 2.02. The molecule has 2 saturated carbocycles. The van der Waals surface area contributed by atoms with Gasteiger partial charge in [-0.3, -0.25) is 0 Å². The van der Waals surface area contributed by atoms with Crippen LogP contribution in [0.25, 0.3) is 0 Å². The molecule has 0 heterocycles. The lowest BCUT2D eigenvalue weighted by Gasteiger charge is -2.28. The molecule has 2 fully saturated rings. The summed E-state index contributed by atoms with van der Waals surface area (Å²) in [5, 5.41) is 0. The van der Waals surface area contributed by atoms with E-state index in [9.17, 15) is 0 Å². The Morgan fingerprint density at radius 3 is 2.14 bits per heavy atom. The Morgan fingerprint density at radius 2 is 1.57 bits per heavy atom. The van der Waals surface area contributed by atoms with E-state index in [2.05, 4.69) is 0 Å². The van der Waals surface area contributed by atoms with Crippen molar-refractivity contribution in [2.45, 2.75) is 70.3 Å². The van der Waals surface area contributed by atoms with Crippen molar-refractivity contribution in [1.29, 1.82) is 0 Å². The van der Waals surface area contributed by atoms with Crippen LogP contribution in [0.5, 0.6) is 0 Å². The molecule has 2 aliphatic rings. The number of hydrogen-bond donors (Lipinski definition) is 1. The van der Waals surface area contributed by atoms with Gasteiger partial charge in [0.25, 0.3) is 0 Å². The maximum absolute atomic E-state index is 6.16. The Kier molecular flexibility index (Phi) is 3.86. The van der Waals surface area contributed by atoms with Crippen molar-refractivity contribution in [3.8, 4) is 0 Å². The smallest absolute Gasteiger partial charge is 0.00415 e. The Hall–Kier alpha value is -0.0400. The highest BCUT2D eigenvalue weighted by Crippen LogP contribution is 2.32. The highest BCUT2D eigenvalue weighted by molar-refractivity contribution is 4.77. The van der Waals surface area contributed by atoms with Crippen LogP contribution in [0, 0.1) is 11.8 Å². The summed E-state index contributed by atoms with van der Waals surface area (Å²) >= 11 is 0. The molecule has 82 valence electrons. The Labute approximate surface area is 88.4 Å². The lowest BCUT2D eigenvalue weighted by molar-refractivity contribution is 0.266. The molecule has 1 heteroatoms. The zero-order valence-corrected chi connectivity index (χ0v) is 9.38. The first-order valence-electron chi connectivity index (χ1n) is 6.60. The Morgan fingerprint density at radius 1 is 0.929 bits per heavy atom. The minimum absolute atomic E-state index is 0.515. The summed E-state index contributed by atoms with van der Waals surface area (Å²) in [5.41, 5.74) is 6.16. The molecule has 0 radical (unpaired) electrons. The second-order valence-corrected chi connectivity index (χ2v) is 5.52. The molecule has 0 amide bonds. The molecule has 0 aromatic heterocycles. The second-order valence-electron chi connectivity index (χ2n) is 5.52. The van der Waals surface area contributed by atoms with Crippen LogP contribution in [0.15, 0.2) is 0 Å². The molecule has 0 saturated heterocycles. The molecule has 2 aliphatic carbocycles. The molecular weight excluding hydrogens is 170 g/mol. The fraction of sp³-hybridized carbons (Fsp3) is 1.00. The zero-order valence-electron chi connectivity index (χ0n) is 9.38. The standard InChI is InChI=1S/C13H25N/c14-13(10-12-6-3-7-12)9-8-11-4-1-2-5-11/h11-13H,1-10,14H2. The van der Waals surface area contributed by atoms with Crippen LogP contribution in [0.3, 0.4) is 0 Å². The van der Waals surface area contributed by atoms with Gasteiger partial charge < -0.3 is 5.73 Å². The predicted octanol–water partition coefficient (Wildman–Crippen LogP) is 3.47. The van der Waals surface area contributed by atoms with Gasteiger partial charge >= 0.3 is 0 Å². The lowest BCUT2D eigenvalue weighted by atomic mass is 9.80. The van der Waals surface area contributed by atoms with Crippen LogP contribution < -0.4 is 5.73 Å². The largest absolute Gasteiger partial charge is 0.328 e. The van der Waals surface area contributed by atoms with Crippen molar-refractivity contribution in [2.24, 2.45) is 17.6 Å². The van der Waals surface area contributed by atoms with E-state index in [0.29, 0.717) is 6.04 Å². The third-order valence-corrected chi connectivity index (χ3v) is 4.28. The predicted molar refractivity (Wildman–Crippen MR) is 61.1 cm³/mol. The van der Waals surface area contributed by atoms with Gasteiger partial charge in [-0.25, -0.2) is 0 Å². The van der Waals surface area contributed by atoms with Gasteiger partial charge in [-0.2, -0.15) is 0 Å². The molecular formula is C13H25N. The lowest BCUT2D eigenvalue weighted by Crippen LogP contribution is -2.27. The van der Waals surface area contributed by atoms with Gasteiger partial charge in [-0.15, -0.1) is 0 Å². The summed E-state index contributed by atoms with van der Waals surface area (Å²) in [7, 11) is 0. The van der Waals surface area contributed by atoms with Gasteiger partial charge in [0.1, 0.15) is 0 Å². The molecule has 0 aromatic rings. The third-order valence-electron chi connectivity index (χ3n) is 4.28. The first-order valence-corrected chi connectivity index (χ1v) is 6.60. The molecule has 14 heavy (non-hydrogen) atoms. The van der Waals surface area contributed by atoms with Crippen molar-refractivity contribution in [3.05, 3.63) is 0 Å². The van der Waals surface area contributed by atoms with E-state index in [-0.39, 0.29) is 0 Å². The Bertz CT molecular complexity index is 157. The van der Waals surface area contributed by atoms with E-state index in [0.717, 1.165) is 11.8 Å². The fourth-order valence-corrected chi connectivity index (χ4v) is 3.02. The van der Waals surface area contributed by atoms with Crippen LogP contribution in [0.4, 0.5) is 0 Å². The summed E-state index contributed by atoms with van der Waals surface area (Å²) in [6.07, 6.45) is 14.3. The fourth-order valence-electron chi connectivity index (χ4n) is 3.02. The molecule has 0 aliphatic heterocycles. The summed E-state index contributed by atoms with van der Waals surface area (Å²) in [6, 6.07) is 0.515. The average Bonchev–Trinajstić information content (AvgIpc) is 2.60. The Balaban J connectivity index is 1.54. The molecule has 1 atom stereocenters. The van der Waals surface area contributed by atoms with E-state index in [4.69, 9.17) is 5.73 Å². The third kappa shape index (κ3) is 2.98. The highest BCUT2D eigenvalue weighted by atomic mass is 14.6. The van der Waals surface area contributed by atoms with E-state index in [1.807, 2.05) is 0 Å². The zero-order chi connectivity index (χ0) is 9.80. The van der Waals surface area contributed by atoms with Gasteiger partial charge in [0, 0.05) is 6.04 Å². The first-order chi connectivity index (χ1) is 6.84. The number of hydrogen-bond acceptors (Lipinski definition) is 1. The van der Waals surface area contributed by atoms with Crippen molar-refractivity contribution < 1.29 is 0 Å². The minimum Gasteiger partial charge on any atom is -0.328 e. The molecule has 2 rings (SSSR count).